The molecule has 0 saturated heterocycles. The van der Waals surface area contributed by atoms with Gasteiger partial charge in [0.2, 0.25) is 0 Å². The van der Waals surface area contributed by atoms with E-state index in [1.165, 1.54) is 0 Å². The number of nitrogens with zero attached hydrogens (tertiary/aromatic N) is 1. The van der Waals surface area contributed by atoms with E-state index >= 15 is 0 Å². The molecule has 1 aromatic heterocycles. The van der Waals surface area contributed by atoms with Crippen LogP contribution in [0.15, 0.2) is 54.9 Å². The minimum Gasteiger partial charge on any atom is -0.375 e. The standard InChI is InChI=1S/C15H18N2O/c1-16-14(13-9-6-10-17-11-13)15(18-2)12-7-4-3-5-8-12/h3-11,14-16H,1-2H3. The lowest BCUT2D eigenvalue weighted by Crippen LogP contribution is -2.25. The zero-order valence-corrected chi connectivity index (χ0v) is 10.7. The number of pyridine rings is 1. The maximum absolute atomic E-state index is 5.65. The van der Waals surface area contributed by atoms with Crippen molar-refractivity contribution in [1.29, 1.82) is 0 Å². The molecule has 0 aliphatic carbocycles. The Morgan fingerprint density at radius 3 is 2.33 bits per heavy atom. The molecular formula is C15H18N2O. The van der Waals surface area contributed by atoms with E-state index in [0.29, 0.717) is 0 Å². The largest absolute Gasteiger partial charge is 0.375 e. The summed E-state index contributed by atoms with van der Waals surface area (Å²) in [5, 5.41) is 3.30. The summed E-state index contributed by atoms with van der Waals surface area (Å²) < 4.78 is 5.65. The first kappa shape index (κ1) is 12.7. The molecule has 2 rings (SSSR count). The topological polar surface area (TPSA) is 34.2 Å². The average Bonchev–Trinajstić information content (AvgIpc) is 2.46. The van der Waals surface area contributed by atoms with Gasteiger partial charge in [-0.1, -0.05) is 36.4 Å². The second kappa shape index (κ2) is 6.28. The molecule has 1 N–H and O–H groups in total. The fourth-order valence-electron chi connectivity index (χ4n) is 2.16. The summed E-state index contributed by atoms with van der Waals surface area (Å²) in [5.41, 5.74) is 2.28. The Bertz CT molecular complexity index is 413. The van der Waals surface area contributed by atoms with Gasteiger partial charge >= 0.3 is 0 Å². The maximum atomic E-state index is 5.65. The minimum absolute atomic E-state index is 0.0274. The van der Waals surface area contributed by atoms with Crippen LogP contribution in [0.2, 0.25) is 0 Å². The van der Waals surface area contributed by atoms with E-state index in [2.05, 4.69) is 28.5 Å². The van der Waals surface area contributed by atoms with E-state index < -0.39 is 0 Å². The Morgan fingerprint density at radius 2 is 1.78 bits per heavy atom. The highest BCUT2D eigenvalue weighted by Gasteiger charge is 2.23. The molecule has 0 radical (unpaired) electrons. The van der Waals surface area contributed by atoms with Crippen LogP contribution in [-0.4, -0.2) is 19.1 Å². The van der Waals surface area contributed by atoms with Gasteiger partial charge in [0.25, 0.3) is 0 Å². The molecule has 3 heteroatoms. The average molecular weight is 242 g/mol. The molecule has 0 fully saturated rings. The quantitative estimate of drug-likeness (QED) is 0.875. The third-order valence-corrected chi connectivity index (χ3v) is 3.04. The number of likely N-dealkylation sites (N-methyl/N-ethyl adjacent to an activating group) is 1. The molecule has 1 heterocycles. The van der Waals surface area contributed by atoms with Crippen LogP contribution >= 0.6 is 0 Å². The molecular weight excluding hydrogens is 224 g/mol. The number of ether oxygens (including phenoxy) is 1. The third kappa shape index (κ3) is 2.75. The lowest BCUT2D eigenvalue weighted by Gasteiger charge is -2.26. The predicted octanol–water partition coefficient (Wildman–Crippen LogP) is 2.73. The number of hydrogen-bond donors (Lipinski definition) is 1. The molecule has 94 valence electrons. The fourth-order valence-corrected chi connectivity index (χ4v) is 2.16. The Kier molecular flexibility index (Phi) is 4.45. The van der Waals surface area contributed by atoms with Gasteiger partial charge in [0.15, 0.2) is 0 Å². The Hall–Kier alpha value is -1.71. The van der Waals surface area contributed by atoms with Gasteiger partial charge in [0.1, 0.15) is 6.10 Å². The van der Waals surface area contributed by atoms with Gasteiger partial charge in [-0.05, 0) is 24.2 Å². The van der Waals surface area contributed by atoms with Gasteiger partial charge in [-0.15, -0.1) is 0 Å². The lowest BCUT2D eigenvalue weighted by molar-refractivity contribution is 0.0701. The molecule has 2 atom stereocenters. The summed E-state index contributed by atoms with van der Waals surface area (Å²) in [6, 6.07) is 14.3. The zero-order chi connectivity index (χ0) is 12.8. The van der Waals surface area contributed by atoms with Gasteiger partial charge < -0.3 is 10.1 Å². The van der Waals surface area contributed by atoms with Crippen LogP contribution in [0.1, 0.15) is 23.3 Å². The van der Waals surface area contributed by atoms with Crippen LogP contribution in [0, 0.1) is 0 Å². The van der Waals surface area contributed by atoms with Crippen molar-refractivity contribution in [3.63, 3.8) is 0 Å². The molecule has 3 nitrogen and oxygen atoms in total. The Balaban J connectivity index is 2.31. The van der Waals surface area contributed by atoms with Crippen LogP contribution in [-0.2, 0) is 4.74 Å². The number of hydrogen-bond acceptors (Lipinski definition) is 3. The van der Waals surface area contributed by atoms with Crippen molar-refractivity contribution in [1.82, 2.24) is 10.3 Å². The van der Waals surface area contributed by atoms with Gasteiger partial charge in [0, 0.05) is 19.5 Å². The van der Waals surface area contributed by atoms with E-state index in [4.69, 9.17) is 4.74 Å². The zero-order valence-electron chi connectivity index (χ0n) is 10.7. The summed E-state index contributed by atoms with van der Waals surface area (Å²) in [5.74, 6) is 0. The minimum atomic E-state index is -0.0274. The van der Waals surface area contributed by atoms with Crippen molar-refractivity contribution >= 4 is 0 Å². The lowest BCUT2D eigenvalue weighted by atomic mass is 9.97. The summed E-state index contributed by atoms with van der Waals surface area (Å²) in [7, 11) is 3.67. The molecule has 2 aromatic rings. The van der Waals surface area contributed by atoms with Crippen LogP contribution in [0.3, 0.4) is 0 Å². The highest BCUT2D eigenvalue weighted by atomic mass is 16.5. The van der Waals surface area contributed by atoms with Crippen molar-refractivity contribution in [2.75, 3.05) is 14.2 Å². The summed E-state index contributed by atoms with van der Waals surface area (Å²) in [4.78, 5) is 4.17. The van der Waals surface area contributed by atoms with Crippen LogP contribution in [0.4, 0.5) is 0 Å². The predicted molar refractivity (Wildman–Crippen MR) is 72.2 cm³/mol. The molecule has 0 bridgehead atoms. The van der Waals surface area contributed by atoms with E-state index in [1.807, 2.05) is 37.5 Å². The molecule has 1 aromatic carbocycles. The molecule has 0 aliphatic heterocycles. The second-order valence-corrected chi connectivity index (χ2v) is 4.12. The SMILES string of the molecule is CNC(c1cccnc1)C(OC)c1ccccc1. The van der Waals surface area contributed by atoms with Crippen molar-refractivity contribution in [2.45, 2.75) is 12.1 Å². The summed E-state index contributed by atoms with van der Waals surface area (Å²) >= 11 is 0. The monoisotopic (exact) mass is 242 g/mol. The van der Waals surface area contributed by atoms with E-state index in [0.717, 1.165) is 11.1 Å². The van der Waals surface area contributed by atoms with Crippen LogP contribution in [0.25, 0.3) is 0 Å². The fraction of sp³-hybridized carbons (Fsp3) is 0.267. The number of aromatic nitrogens is 1. The molecule has 0 amide bonds. The number of rotatable bonds is 5. The van der Waals surface area contributed by atoms with Crippen molar-refractivity contribution in [2.24, 2.45) is 0 Å². The maximum Gasteiger partial charge on any atom is 0.102 e. The van der Waals surface area contributed by atoms with E-state index in [-0.39, 0.29) is 12.1 Å². The van der Waals surface area contributed by atoms with Crippen LogP contribution < -0.4 is 5.32 Å². The first-order valence-electron chi connectivity index (χ1n) is 6.01. The highest BCUT2D eigenvalue weighted by molar-refractivity contribution is 5.24. The Morgan fingerprint density at radius 1 is 1.06 bits per heavy atom. The van der Waals surface area contributed by atoms with Crippen molar-refractivity contribution < 1.29 is 4.74 Å². The number of methoxy groups -OCH3 is 1. The van der Waals surface area contributed by atoms with Gasteiger partial charge in [-0.3, -0.25) is 4.98 Å². The van der Waals surface area contributed by atoms with Crippen molar-refractivity contribution in [3.05, 3.63) is 66.0 Å². The van der Waals surface area contributed by atoms with E-state index in [9.17, 15) is 0 Å². The number of nitrogens with one attached hydrogen (secondary N) is 1. The smallest absolute Gasteiger partial charge is 0.102 e. The molecule has 0 spiro atoms. The first-order chi connectivity index (χ1) is 8.86. The normalized spacial score (nSPS) is 14.1. The van der Waals surface area contributed by atoms with Crippen LogP contribution in [0.5, 0.6) is 0 Å². The molecule has 2 unspecified atom stereocenters. The summed E-state index contributed by atoms with van der Waals surface area (Å²) in [6.45, 7) is 0. The third-order valence-electron chi connectivity index (χ3n) is 3.04. The van der Waals surface area contributed by atoms with Gasteiger partial charge in [0.05, 0.1) is 6.04 Å². The van der Waals surface area contributed by atoms with Gasteiger partial charge in [-0.25, -0.2) is 0 Å². The number of benzene rings is 1. The van der Waals surface area contributed by atoms with Gasteiger partial charge in [-0.2, -0.15) is 0 Å². The van der Waals surface area contributed by atoms with Crippen molar-refractivity contribution in [3.8, 4) is 0 Å². The van der Waals surface area contributed by atoms with E-state index in [1.54, 1.807) is 13.3 Å². The summed E-state index contributed by atoms with van der Waals surface area (Å²) in [6.07, 6.45) is 3.62. The Labute approximate surface area is 108 Å². The molecule has 0 aliphatic rings. The second-order valence-electron chi connectivity index (χ2n) is 4.12. The molecule has 18 heavy (non-hydrogen) atoms. The molecule has 0 saturated carbocycles. The highest BCUT2D eigenvalue weighted by Crippen LogP contribution is 2.30. The first-order valence-corrected chi connectivity index (χ1v) is 6.01.